The number of benzene rings is 1. The maximum absolute atomic E-state index is 12.5. The molecule has 160 valence electrons. The molecule has 2 heterocycles. The zero-order chi connectivity index (χ0) is 20.5. The molecular formula is C22H33N3O4. The van der Waals surface area contributed by atoms with Crippen LogP contribution in [-0.2, 0) is 20.9 Å². The number of hydrogen-bond acceptors (Lipinski definition) is 5. The van der Waals surface area contributed by atoms with E-state index in [0.717, 1.165) is 43.7 Å². The fraction of sp³-hybridized carbons (Fsp3) is 0.636. The summed E-state index contributed by atoms with van der Waals surface area (Å²) in [7, 11) is 1.64. The molecule has 1 atom stereocenters. The third-order valence-electron chi connectivity index (χ3n) is 5.73. The predicted molar refractivity (Wildman–Crippen MR) is 111 cm³/mol. The van der Waals surface area contributed by atoms with Crippen LogP contribution in [0, 0.1) is 5.92 Å². The van der Waals surface area contributed by atoms with Crippen LogP contribution in [0.25, 0.3) is 0 Å². The number of carbonyl (C=O) groups is 2. The van der Waals surface area contributed by atoms with E-state index in [1.165, 1.54) is 0 Å². The third-order valence-corrected chi connectivity index (χ3v) is 5.73. The quantitative estimate of drug-likeness (QED) is 0.715. The average Bonchev–Trinajstić information content (AvgIpc) is 2.77. The average molecular weight is 404 g/mol. The molecule has 2 fully saturated rings. The smallest absolute Gasteiger partial charge is 0.236 e. The van der Waals surface area contributed by atoms with Gasteiger partial charge in [0.25, 0.3) is 0 Å². The van der Waals surface area contributed by atoms with Crippen molar-refractivity contribution in [3.8, 4) is 5.75 Å². The molecule has 2 aliphatic rings. The van der Waals surface area contributed by atoms with Crippen LogP contribution in [0.3, 0.4) is 0 Å². The summed E-state index contributed by atoms with van der Waals surface area (Å²) in [6.45, 7) is 5.54. The number of ether oxygens (including phenoxy) is 2. The number of rotatable bonds is 8. The summed E-state index contributed by atoms with van der Waals surface area (Å²) < 4.78 is 10.5. The van der Waals surface area contributed by atoms with Crippen LogP contribution < -0.4 is 10.1 Å². The van der Waals surface area contributed by atoms with Crippen molar-refractivity contribution in [2.45, 2.75) is 32.2 Å². The molecule has 29 heavy (non-hydrogen) atoms. The van der Waals surface area contributed by atoms with E-state index in [9.17, 15) is 9.59 Å². The van der Waals surface area contributed by atoms with Gasteiger partial charge in [-0.05, 0) is 49.4 Å². The molecule has 0 saturated carbocycles. The number of nitrogens with zero attached hydrogens (tertiary/aromatic N) is 2. The molecule has 0 aromatic heterocycles. The summed E-state index contributed by atoms with van der Waals surface area (Å²) in [4.78, 5) is 28.9. The standard InChI is InChI=1S/C22H33N3O4/c1-28-20-6-2-4-19(14-20)15-23-21(26)8-7-18-5-3-9-24(16-18)17-22(27)25-10-12-29-13-11-25/h2,4,6,14,18H,3,5,7-13,15-17H2,1H3,(H,23,26)/t18-/m0/s1. The van der Waals surface area contributed by atoms with Gasteiger partial charge in [0.15, 0.2) is 0 Å². The Bertz CT molecular complexity index is 676. The van der Waals surface area contributed by atoms with Crippen LogP contribution in [0.1, 0.15) is 31.2 Å². The maximum atomic E-state index is 12.5. The lowest BCUT2D eigenvalue weighted by molar-refractivity contribution is -0.137. The Balaban J connectivity index is 1.36. The van der Waals surface area contributed by atoms with Gasteiger partial charge in [-0.15, -0.1) is 0 Å². The minimum atomic E-state index is 0.0781. The molecule has 0 unspecified atom stereocenters. The van der Waals surface area contributed by atoms with E-state index in [1.54, 1.807) is 7.11 Å². The summed E-state index contributed by atoms with van der Waals surface area (Å²) in [5.41, 5.74) is 1.03. The monoisotopic (exact) mass is 403 g/mol. The zero-order valence-electron chi connectivity index (χ0n) is 17.4. The molecule has 1 aromatic rings. The Morgan fingerprint density at radius 2 is 2.07 bits per heavy atom. The van der Waals surface area contributed by atoms with Crippen molar-refractivity contribution in [2.24, 2.45) is 5.92 Å². The molecule has 1 N–H and O–H groups in total. The Morgan fingerprint density at radius 1 is 1.24 bits per heavy atom. The summed E-state index contributed by atoms with van der Waals surface area (Å²) in [6.07, 6.45) is 3.62. The van der Waals surface area contributed by atoms with Gasteiger partial charge in [-0.25, -0.2) is 0 Å². The zero-order valence-corrected chi connectivity index (χ0v) is 17.4. The summed E-state index contributed by atoms with van der Waals surface area (Å²) in [5, 5.41) is 3.00. The largest absolute Gasteiger partial charge is 0.497 e. The normalized spacial score (nSPS) is 20.3. The highest BCUT2D eigenvalue weighted by Crippen LogP contribution is 2.21. The minimum Gasteiger partial charge on any atom is -0.497 e. The van der Waals surface area contributed by atoms with Crippen molar-refractivity contribution in [1.82, 2.24) is 15.1 Å². The number of hydrogen-bond donors (Lipinski definition) is 1. The maximum Gasteiger partial charge on any atom is 0.236 e. The van der Waals surface area contributed by atoms with Gasteiger partial charge in [-0.1, -0.05) is 12.1 Å². The van der Waals surface area contributed by atoms with Crippen LogP contribution in [0.15, 0.2) is 24.3 Å². The van der Waals surface area contributed by atoms with Crippen LogP contribution >= 0.6 is 0 Å². The van der Waals surface area contributed by atoms with Crippen molar-refractivity contribution >= 4 is 11.8 Å². The first-order valence-electron chi connectivity index (χ1n) is 10.6. The second-order valence-corrected chi connectivity index (χ2v) is 7.90. The van der Waals surface area contributed by atoms with Crippen LogP contribution in [-0.4, -0.2) is 74.7 Å². The molecule has 2 saturated heterocycles. The molecule has 7 nitrogen and oxygen atoms in total. The van der Waals surface area contributed by atoms with Gasteiger partial charge in [-0.3, -0.25) is 14.5 Å². The van der Waals surface area contributed by atoms with Gasteiger partial charge in [-0.2, -0.15) is 0 Å². The number of amides is 2. The first-order chi connectivity index (χ1) is 14.1. The first-order valence-corrected chi connectivity index (χ1v) is 10.6. The van der Waals surface area contributed by atoms with Gasteiger partial charge in [0.1, 0.15) is 5.75 Å². The predicted octanol–water partition coefficient (Wildman–Crippen LogP) is 1.66. The first kappa shape index (κ1) is 21.6. The highest BCUT2D eigenvalue weighted by Gasteiger charge is 2.24. The van der Waals surface area contributed by atoms with E-state index in [1.807, 2.05) is 29.2 Å². The molecule has 0 aliphatic carbocycles. The second kappa shape index (κ2) is 11.2. The fourth-order valence-electron chi connectivity index (χ4n) is 4.04. The Hall–Kier alpha value is -2.12. The summed E-state index contributed by atoms with van der Waals surface area (Å²) in [6, 6.07) is 7.73. The highest BCUT2D eigenvalue weighted by molar-refractivity contribution is 5.78. The molecule has 3 rings (SSSR count). The molecule has 2 aliphatic heterocycles. The van der Waals surface area contributed by atoms with Gasteiger partial charge in [0, 0.05) is 32.6 Å². The lowest BCUT2D eigenvalue weighted by Gasteiger charge is -2.34. The topological polar surface area (TPSA) is 71.1 Å². The van der Waals surface area contributed by atoms with Crippen molar-refractivity contribution in [3.63, 3.8) is 0 Å². The number of methoxy groups -OCH3 is 1. The van der Waals surface area contributed by atoms with E-state index in [0.29, 0.717) is 51.7 Å². The minimum absolute atomic E-state index is 0.0781. The van der Waals surface area contributed by atoms with Gasteiger partial charge >= 0.3 is 0 Å². The summed E-state index contributed by atoms with van der Waals surface area (Å²) in [5.74, 6) is 1.55. The van der Waals surface area contributed by atoms with E-state index in [-0.39, 0.29) is 11.8 Å². The van der Waals surface area contributed by atoms with Crippen molar-refractivity contribution in [1.29, 1.82) is 0 Å². The molecule has 0 spiro atoms. The Morgan fingerprint density at radius 3 is 2.86 bits per heavy atom. The van der Waals surface area contributed by atoms with E-state index < -0.39 is 0 Å². The van der Waals surface area contributed by atoms with Crippen LogP contribution in [0.2, 0.25) is 0 Å². The number of carbonyl (C=O) groups excluding carboxylic acids is 2. The lowest BCUT2D eigenvalue weighted by atomic mass is 9.93. The second-order valence-electron chi connectivity index (χ2n) is 7.90. The molecule has 7 heteroatoms. The van der Waals surface area contributed by atoms with Crippen LogP contribution in [0.4, 0.5) is 0 Å². The van der Waals surface area contributed by atoms with Gasteiger partial charge < -0.3 is 19.7 Å². The van der Waals surface area contributed by atoms with E-state index in [4.69, 9.17) is 9.47 Å². The Labute approximate surface area is 173 Å². The Kier molecular flexibility index (Phi) is 8.31. The van der Waals surface area contributed by atoms with E-state index in [2.05, 4.69) is 10.2 Å². The van der Waals surface area contributed by atoms with Gasteiger partial charge in [0.2, 0.25) is 11.8 Å². The third kappa shape index (κ3) is 7.01. The van der Waals surface area contributed by atoms with Crippen molar-refractivity contribution in [2.75, 3.05) is 53.0 Å². The number of morpholine rings is 1. The molecule has 0 bridgehead atoms. The van der Waals surface area contributed by atoms with Crippen molar-refractivity contribution in [3.05, 3.63) is 29.8 Å². The number of piperidine rings is 1. The van der Waals surface area contributed by atoms with Crippen LogP contribution in [0.5, 0.6) is 5.75 Å². The molecule has 1 aromatic carbocycles. The SMILES string of the molecule is COc1cccc(CNC(=O)CC[C@@H]2CCCN(CC(=O)N3CCOCC3)C2)c1. The molecule has 0 radical (unpaired) electrons. The molecule has 2 amide bonds. The lowest BCUT2D eigenvalue weighted by Crippen LogP contribution is -2.47. The highest BCUT2D eigenvalue weighted by atomic mass is 16.5. The number of nitrogens with one attached hydrogen (secondary N) is 1. The summed E-state index contributed by atoms with van der Waals surface area (Å²) >= 11 is 0. The fourth-order valence-corrected chi connectivity index (χ4v) is 4.04. The van der Waals surface area contributed by atoms with Crippen molar-refractivity contribution < 1.29 is 19.1 Å². The number of likely N-dealkylation sites (tertiary alicyclic amines) is 1. The van der Waals surface area contributed by atoms with E-state index >= 15 is 0 Å². The molecular weight excluding hydrogens is 370 g/mol. The van der Waals surface area contributed by atoms with Gasteiger partial charge in [0.05, 0.1) is 26.9 Å².